The highest BCUT2D eigenvalue weighted by molar-refractivity contribution is 5.37. The summed E-state index contributed by atoms with van der Waals surface area (Å²) in [6, 6.07) is 0.241. The van der Waals surface area contributed by atoms with Gasteiger partial charge in [-0.15, -0.1) is 0 Å². The molecule has 0 amide bonds. The minimum absolute atomic E-state index is 0.0264. The maximum absolute atomic E-state index is 12.2. The maximum atomic E-state index is 12.2. The minimum atomic E-state index is -0.0830. The van der Waals surface area contributed by atoms with Gasteiger partial charge in [0.2, 0.25) is 0 Å². The van der Waals surface area contributed by atoms with Crippen molar-refractivity contribution >= 4 is 5.82 Å². The lowest BCUT2D eigenvalue weighted by molar-refractivity contribution is 0.295. The molecule has 5 heteroatoms. The van der Waals surface area contributed by atoms with E-state index in [1.807, 2.05) is 11.8 Å². The Hall–Kier alpha value is -1.36. The Morgan fingerprint density at radius 1 is 1.39 bits per heavy atom. The number of aliphatic hydroxyl groups is 1. The largest absolute Gasteiger partial charge is 0.395 e. The van der Waals surface area contributed by atoms with E-state index in [2.05, 4.69) is 18.8 Å². The monoisotopic (exact) mass is 253 g/mol. The number of anilines is 1. The number of hydrogen-bond donors (Lipinski definition) is 1. The van der Waals surface area contributed by atoms with Crippen LogP contribution in [0.5, 0.6) is 0 Å². The van der Waals surface area contributed by atoms with Crippen LogP contribution in [-0.4, -0.2) is 33.9 Å². The fraction of sp³-hybridized carbons (Fsp3) is 0.692. The lowest BCUT2D eigenvalue weighted by Crippen LogP contribution is -2.42. The lowest BCUT2D eigenvalue weighted by Gasteiger charge is -2.30. The van der Waals surface area contributed by atoms with E-state index < -0.39 is 0 Å². The molecule has 0 aromatic carbocycles. The average molecular weight is 253 g/mol. The topological polar surface area (TPSA) is 58.4 Å². The van der Waals surface area contributed by atoms with Crippen LogP contribution in [0.2, 0.25) is 0 Å². The molecule has 1 aromatic heterocycles. The molecular weight excluding hydrogens is 230 g/mol. The molecule has 0 radical (unpaired) electrons. The van der Waals surface area contributed by atoms with E-state index in [1.54, 1.807) is 17.0 Å². The van der Waals surface area contributed by atoms with Gasteiger partial charge < -0.3 is 14.6 Å². The molecule has 0 spiro atoms. The van der Waals surface area contributed by atoms with Crippen molar-refractivity contribution in [2.45, 2.75) is 46.2 Å². The van der Waals surface area contributed by atoms with Gasteiger partial charge in [0, 0.05) is 31.5 Å². The molecule has 0 aliphatic rings. The van der Waals surface area contributed by atoms with Gasteiger partial charge in [-0.3, -0.25) is 4.79 Å². The zero-order valence-corrected chi connectivity index (χ0v) is 11.5. The van der Waals surface area contributed by atoms with Crippen LogP contribution in [0.15, 0.2) is 17.2 Å². The molecule has 1 N–H and O–H groups in total. The van der Waals surface area contributed by atoms with Crippen LogP contribution in [0.25, 0.3) is 0 Å². The van der Waals surface area contributed by atoms with Crippen molar-refractivity contribution in [1.82, 2.24) is 9.55 Å². The van der Waals surface area contributed by atoms with Gasteiger partial charge in [-0.25, -0.2) is 4.98 Å². The molecule has 1 aromatic rings. The standard InChI is InChI=1S/C13H23N3O2/c1-4-11(5-2)16(9-10-17)12-13(18)15(6-3)8-7-14-12/h7-8,11,17H,4-6,9-10H2,1-3H3. The fourth-order valence-electron chi connectivity index (χ4n) is 2.18. The van der Waals surface area contributed by atoms with Crippen molar-refractivity contribution in [3.05, 3.63) is 22.7 Å². The summed E-state index contributed by atoms with van der Waals surface area (Å²) in [5.41, 5.74) is -0.0830. The highest BCUT2D eigenvalue weighted by Crippen LogP contribution is 2.14. The molecular formula is C13H23N3O2. The summed E-state index contributed by atoms with van der Waals surface area (Å²) in [6.45, 7) is 7.20. The highest BCUT2D eigenvalue weighted by Gasteiger charge is 2.19. The van der Waals surface area contributed by atoms with E-state index in [-0.39, 0.29) is 18.2 Å². The van der Waals surface area contributed by atoms with Crippen molar-refractivity contribution in [1.29, 1.82) is 0 Å². The van der Waals surface area contributed by atoms with Gasteiger partial charge in [-0.1, -0.05) is 13.8 Å². The van der Waals surface area contributed by atoms with Crippen LogP contribution in [0.4, 0.5) is 5.82 Å². The second-order valence-electron chi connectivity index (χ2n) is 4.23. The summed E-state index contributed by atoms with van der Waals surface area (Å²) in [7, 11) is 0. The van der Waals surface area contributed by atoms with Crippen LogP contribution in [0, 0.1) is 0 Å². The van der Waals surface area contributed by atoms with E-state index in [1.165, 1.54) is 0 Å². The summed E-state index contributed by atoms with van der Waals surface area (Å²) >= 11 is 0. The van der Waals surface area contributed by atoms with Gasteiger partial charge in [0.05, 0.1) is 6.61 Å². The highest BCUT2D eigenvalue weighted by atomic mass is 16.3. The Bertz CT molecular complexity index is 413. The van der Waals surface area contributed by atoms with Crippen molar-refractivity contribution < 1.29 is 5.11 Å². The number of aliphatic hydroxyl groups excluding tert-OH is 1. The van der Waals surface area contributed by atoms with E-state index in [4.69, 9.17) is 0 Å². The third-order valence-electron chi connectivity index (χ3n) is 3.23. The lowest BCUT2D eigenvalue weighted by atomic mass is 10.1. The van der Waals surface area contributed by atoms with Gasteiger partial charge in [0.15, 0.2) is 5.82 Å². The zero-order valence-electron chi connectivity index (χ0n) is 11.5. The predicted molar refractivity (Wildman–Crippen MR) is 73.0 cm³/mol. The van der Waals surface area contributed by atoms with Crippen LogP contribution >= 0.6 is 0 Å². The molecule has 0 atom stereocenters. The first kappa shape index (κ1) is 14.7. The van der Waals surface area contributed by atoms with E-state index in [9.17, 15) is 9.90 Å². The number of nitrogens with zero attached hydrogens (tertiary/aromatic N) is 3. The first-order valence-corrected chi connectivity index (χ1v) is 6.62. The quantitative estimate of drug-likeness (QED) is 0.794. The summed E-state index contributed by atoms with van der Waals surface area (Å²) in [5, 5.41) is 9.18. The molecule has 0 aliphatic heterocycles. The van der Waals surface area contributed by atoms with Crippen molar-refractivity contribution in [3.63, 3.8) is 0 Å². The Balaban J connectivity index is 3.16. The number of aryl methyl sites for hydroxylation is 1. The van der Waals surface area contributed by atoms with Crippen molar-refractivity contribution in [2.75, 3.05) is 18.1 Å². The second kappa shape index (κ2) is 7.16. The molecule has 0 fully saturated rings. The second-order valence-corrected chi connectivity index (χ2v) is 4.23. The molecule has 0 bridgehead atoms. The van der Waals surface area contributed by atoms with Crippen LogP contribution < -0.4 is 10.5 Å². The maximum Gasteiger partial charge on any atom is 0.293 e. The smallest absolute Gasteiger partial charge is 0.293 e. The Kier molecular flexibility index (Phi) is 5.85. The first-order valence-electron chi connectivity index (χ1n) is 6.62. The van der Waals surface area contributed by atoms with E-state index in [0.29, 0.717) is 18.9 Å². The van der Waals surface area contributed by atoms with Gasteiger partial charge in [-0.2, -0.15) is 0 Å². The molecule has 102 valence electrons. The molecule has 0 saturated carbocycles. The third kappa shape index (κ3) is 3.10. The molecule has 5 nitrogen and oxygen atoms in total. The fourth-order valence-corrected chi connectivity index (χ4v) is 2.18. The number of aromatic nitrogens is 2. The van der Waals surface area contributed by atoms with Crippen molar-refractivity contribution in [2.24, 2.45) is 0 Å². The van der Waals surface area contributed by atoms with Gasteiger partial charge in [0.1, 0.15) is 0 Å². The molecule has 1 rings (SSSR count). The Morgan fingerprint density at radius 3 is 2.56 bits per heavy atom. The summed E-state index contributed by atoms with van der Waals surface area (Å²) < 4.78 is 1.63. The number of hydrogen-bond acceptors (Lipinski definition) is 4. The summed E-state index contributed by atoms with van der Waals surface area (Å²) in [5.74, 6) is 0.446. The summed E-state index contributed by atoms with van der Waals surface area (Å²) in [6.07, 6.45) is 5.19. The van der Waals surface area contributed by atoms with Crippen LogP contribution in [0.3, 0.4) is 0 Å². The van der Waals surface area contributed by atoms with Crippen LogP contribution in [-0.2, 0) is 6.54 Å². The zero-order chi connectivity index (χ0) is 13.5. The van der Waals surface area contributed by atoms with Gasteiger partial charge in [0.25, 0.3) is 5.56 Å². The molecule has 0 aliphatic carbocycles. The normalized spacial score (nSPS) is 10.9. The Morgan fingerprint density at radius 2 is 2.06 bits per heavy atom. The Labute approximate surface area is 108 Å². The molecule has 18 heavy (non-hydrogen) atoms. The first-order chi connectivity index (χ1) is 8.69. The number of rotatable bonds is 7. The SMILES string of the molecule is CCC(CC)N(CCO)c1nccn(CC)c1=O. The third-order valence-corrected chi connectivity index (χ3v) is 3.23. The average Bonchev–Trinajstić information content (AvgIpc) is 2.39. The predicted octanol–water partition coefficient (Wildman–Crippen LogP) is 1.25. The molecule has 0 unspecified atom stereocenters. The summed E-state index contributed by atoms with van der Waals surface area (Å²) in [4.78, 5) is 18.4. The van der Waals surface area contributed by atoms with Crippen LogP contribution in [0.1, 0.15) is 33.6 Å². The molecule has 0 saturated heterocycles. The van der Waals surface area contributed by atoms with E-state index >= 15 is 0 Å². The molecule has 1 heterocycles. The minimum Gasteiger partial charge on any atom is -0.395 e. The van der Waals surface area contributed by atoms with E-state index in [0.717, 1.165) is 12.8 Å². The van der Waals surface area contributed by atoms with Crippen molar-refractivity contribution in [3.8, 4) is 0 Å². The van der Waals surface area contributed by atoms with Gasteiger partial charge >= 0.3 is 0 Å². The van der Waals surface area contributed by atoms with Gasteiger partial charge in [-0.05, 0) is 19.8 Å².